The van der Waals surface area contributed by atoms with E-state index in [9.17, 15) is 15.0 Å². The number of allylic oxidation sites excluding steroid dienone is 2. The lowest BCUT2D eigenvalue weighted by atomic mass is 9.80. The highest BCUT2D eigenvalue weighted by Gasteiger charge is 2.33. The molecule has 0 aromatic carbocycles. The number of carbonyl (C=O) groups excluding carboxylic acids is 1. The van der Waals surface area contributed by atoms with E-state index in [0.717, 1.165) is 44.9 Å². The van der Waals surface area contributed by atoms with Crippen molar-refractivity contribution in [3.8, 4) is 0 Å². The molecule has 0 radical (unpaired) electrons. The van der Waals surface area contributed by atoms with Gasteiger partial charge in [-0.3, -0.25) is 4.79 Å². The molecule has 4 heteroatoms. The van der Waals surface area contributed by atoms with Gasteiger partial charge in [0.1, 0.15) is 0 Å². The van der Waals surface area contributed by atoms with Gasteiger partial charge in [-0.05, 0) is 64.2 Å². The van der Waals surface area contributed by atoms with E-state index in [0.29, 0.717) is 24.9 Å². The fraction of sp³-hybridized carbons (Fsp3) is 0.880. The Bertz CT molecular complexity index is 478. The van der Waals surface area contributed by atoms with Crippen LogP contribution in [0.1, 0.15) is 111 Å². The Hall–Kier alpha value is -0.870. The molecule has 1 saturated carbocycles. The first kappa shape index (κ1) is 26.2. The zero-order valence-corrected chi connectivity index (χ0v) is 19.4. The smallest absolute Gasteiger partial charge is 0.305 e. The molecular weight excluding hydrogens is 364 g/mol. The highest BCUT2D eigenvalue weighted by atomic mass is 16.5. The van der Waals surface area contributed by atoms with Gasteiger partial charge in [0.2, 0.25) is 0 Å². The summed E-state index contributed by atoms with van der Waals surface area (Å²) < 4.78 is 4.97. The third kappa shape index (κ3) is 10.6. The second-order valence-electron chi connectivity index (χ2n) is 9.18. The van der Waals surface area contributed by atoms with E-state index < -0.39 is 5.79 Å². The first-order valence-electron chi connectivity index (χ1n) is 12.1. The van der Waals surface area contributed by atoms with E-state index in [1.165, 1.54) is 37.7 Å². The molecule has 3 atom stereocenters. The van der Waals surface area contributed by atoms with Crippen molar-refractivity contribution in [1.29, 1.82) is 0 Å². The summed E-state index contributed by atoms with van der Waals surface area (Å²) in [7, 11) is 0. The quantitative estimate of drug-likeness (QED) is 0.147. The maximum atomic E-state index is 11.4. The molecular formula is C25H46O4. The summed E-state index contributed by atoms with van der Waals surface area (Å²) in [6.07, 6.45) is 16.3. The third-order valence-corrected chi connectivity index (χ3v) is 6.57. The van der Waals surface area contributed by atoms with Crippen molar-refractivity contribution in [2.75, 3.05) is 6.61 Å². The first-order valence-corrected chi connectivity index (χ1v) is 12.1. The minimum absolute atomic E-state index is 0.0731. The number of aliphatic hydroxyl groups is 2. The highest BCUT2D eigenvalue weighted by molar-refractivity contribution is 5.69. The molecule has 0 saturated heterocycles. The van der Waals surface area contributed by atoms with E-state index in [1.807, 2.05) is 6.92 Å². The molecule has 0 spiro atoms. The van der Waals surface area contributed by atoms with Crippen molar-refractivity contribution < 1.29 is 19.7 Å². The zero-order chi connectivity index (χ0) is 21.7. The first-order chi connectivity index (χ1) is 13.8. The van der Waals surface area contributed by atoms with E-state index in [-0.39, 0.29) is 11.9 Å². The van der Waals surface area contributed by atoms with Gasteiger partial charge in [0.15, 0.2) is 5.79 Å². The Kier molecular flexibility index (Phi) is 12.8. The standard InChI is InChI=1S/C25H46O4/c1-5-7-13-20(3)23(25(4,27)28)19-18-22-16-12-15-21(22)14-10-8-9-11-17-24(26)29-6-2/h18,20-21,23,27-28H,5-17,19H2,1-4H3/t20?,21-,23?/m0/s1. The summed E-state index contributed by atoms with van der Waals surface area (Å²) in [5, 5.41) is 20.6. The largest absolute Gasteiger partial charge is 0.466 e. The topological polar surface area (TPSA) is 66.8 Å². The van der Waals surface area contributed by atoms with Crippen LogP contribution in [0.2, 0.25) is 0 Å². The van der Waals surface area contributed by atoms with Gasteiger partial charge in [-0.1, -0.05) is 64.0 Å². The monoisotopic (exact) mass is 410 g/mol. The van der Waals surface area contributed by atoms with Gasteiger partial charge >= 0.3 is 5.97 Å². The normalized spacial score (nSPS) is 20.8. The molecule has 170 valence electrons. The summed E-state index contributed by atoms with van der Waals surface area (Å²) in [5.74, 6) is -0.819. The summed E-state index contributed by atoms with van der Waals surface area (Å²) in [6.45, 7) is 8.20. The predicted octanol–water partition coefficient (Wildman–Crippen LogP) is 6.15. The molecule has 0 aliphatic heterocycles. The molecule has 0 bridgehead atoms. The Labute approximate surface area is 179 Å². The summed E-state index contributed by atoms with van der Waals surface area (Å²) in [5.41, 5.74) is 1.54. The van der Waals surface area contributed by atoms with Gasteiger partial charge in [-0.25, -0.2) is 0 Å². The number of carbonyl (C=O) groups is 1. The number of hydrogen-bond acceptors (Lipinski definition) is 4. The van der Waals surface area contributed by atoms with Crippen LogP contribution in [0.5, 0.6) is 0 Å². The van der Waals surface area contributed by atoms with Crippen molar-refractivity contribution in [3.05, 3.63) is 11.6 Å². The van der Waals surface area contributed by atoms with Crippen molar-refractivity contribution in [2.45, 2.75) is 117 Å². The average molecular weight is 411 g/mol. The van der Waals surface area contributed by atoms with Crippen LogP contribution in [0, 0.1) is 17.8 Å². The number of hydrogen-bond donors (Lipinski definition) is 2. The van der Waals surface area contributed by atoms with Gasteiger partial charge < -0.3 is 14.9 Å². The van der Waals surface area contributed by atoms with Crippen LogP contribution in [-0.4, -0.2) is 28.6 Å². The van der Waals surface area contributed by atoms with Crippen LogP contribution in [-0.2, 0) is 9.53 Å². The van der Waals surface area contributed by atoms with Gasteiger partial charge in [0, 0.05) is 12.3 Å². The lowest BCUT2D eigenvalue weighted by Gasteiger charge is -2.32. The molecule has 1 rings (SSSR count). The molecule has 4 nitrogen and oxygen atoms in total. The number of ether oxygens (including phenoxy) is 1. The number of esters is 1. The van der Waals surface area contributed by atoms with Crippen LogP contribution < -0.4 is 0 Å². The zero-order valence-electron chi connectivity index (χ0n) is 19.4. The summed E-state index contributed by atoms with van der Waals surface area (Å²) >= 11 is 0. The van der Waals surface area contributed by atoms with E-state index >= 15 is 0 Å². The summed E-state index contributed by atoms with van der Waals surface area (Å²) in [6, 6.07) is 0. The molecule has 29 heavy (non-hydrogen) atoms. The Morgan fingerprint density at radius 2 is 1.93 bits per heavy atom. The second kappa shape index (κ2) is 14.2. The molecule has 0 amide bonds. The van der Waals surface area contributed by atoms with Crippen LogP contribution in [0.25, 0.3) is 0 Å². The minimum atomic E-state index is -1.61. The molecule has 0 aromatic heterocycles. The lowest BCUT2D eigenvalue weighted by Crippen LogP contribution is -2.38. The molecule has 1 aliphatic rings. The lowest BCUT2D eigenvalue weighted by molar-refractivity contribution is -0.196. The van der Waals surface area contributed by atoms with Gasteiger partial charge in [0.05, 0.1) is 6.61 Å². The van der Waals surface area contributed by atoms with Crippen molar-refractivity contribution in [2.24, 2.45) is 17.8 Å². The van der Waals surface area contributed by atoms with Gasteiger partial charge in [-0.15, -0.1) is 0 Å². The maximum Gasteiger partial charge on any atom is 0.305 e. The molecule has 0 aromatic rings. The molecule has 1 fully saturated rings. The minimum Gasteiger partial charge on any atom is -0.466 e. The molecule has 2 unspecified atom stereocenters. The molecule has 1 aliphatic carbocycles. The fourth-order valence-corrected chi connectivity index (χ4v) is 4.79. The van der Waals surface area contributed by atoms with Crippen molar-refractivity contribution in [1.82, 2.24) is 0 Å². The van der Waals surface area contributed by atoms with Crippen molar-refractivity contribution >= 4 is 5.97 Å². The predicted molar refractivity (Wildman–Crippen MR) is 119 cm³/mol. The highest BCUT2D eigenvalue weighted by Crippen LogP contribution is 2.37. The van der Waals surface area contributed by atoms with Crippen LogP contribution >= 0.6 is 0 Å². The van der Waals surface area contributed by atoms with Gasteiger partial charge in [0.25, 0.3) is 0 Å². The SMILES string of the molecule is CCCCC(C)C(CC=C1CCC[C@@H]1CCCCCCC(=O)OCC)C(C)(O)O. The Morgan fingerprint density at radius 1 is 1.21 bits per heavy atom. The Morgan fingerprint density at radius 3 is 2.59 bits per heavy atom. The number of rotatable bonds is 15. The fourth-order valence-electron chi connectivity index (χ4n) is 4.79. The van der Waals surface area contributed by atoms with E-state index in [2.05, 4.69) is 19.9 Å². The third-order valence-electron chi connectivity index (χ3n) is 6.57. The van der Waals surface area contributed by atoms with Crippen molar-refractivity contribution in [3.63, 3.8) is 0 Å². The Balaban J connectivity index is 2.42. The maximum absolute atomic E-state index is 11.4. The second-order valence-corrected chi connectivity index (χ2v) is 9.18. The average Bonchev–Trinajstić information content (AvgIpc) is 3.09. The molecule has 2 N–H and O–H groups in total. The molecule has 0 heterocycles. The number of unbranched alkanes of at least 4 members (excludes halogenated alkanes) is 4. The summed E-state index contributed by atoms with van der Waals surface area (Å²) in [4.78, 5) is 11.4. The van der Waals surface area contributed by atoms with Crippen LogP contribution in [0.4, 0.5) is 0 Å². The van der Waals surface area contributed by atoms with Gasteiger partial charge in [-0.2, -0.15) is 0 Å². The van der Waals surface area contributed by atoms with E-state index in [1.54, 1.807) is 6.92 Å². The van der Waals surface area contributed by atoms with Crippen LogP contribution in [0.15, 0.2) is 11.6 Å². The van der Waals surface area contributed by atoms with E-state index in [4.69, 9.17) is 4.74 Å². The van der Waals surface area contributed by atoms with Crippen LogP contribution in [0.3, 0.4) is 0 Å².